The molecule has 9 nitrogen and oxygen atoms in total. The van der Waals surface area contributed by atoms with Crippen LogP contribution in [0.5, 0.6) is 0 Å². The van der Waals surface area contributed by atoms with E-state index >= 15 is 4.39 Å². The van der Waals surface area contributed by atoms with E-state index in [1.54, 1.807) is 59.8 Å². The number of likely N-dealkylation sites (tertiary alicyclic amines) is 1. The average Bonchev–Trinajstić information content (AvgIpc) is 3.29. The Bertz CT molecular complexity index is 1570. The highest BCUT2D eigenvalue weighted by molar-refractivity contribution is 5.93. The van der Waals surface area contributed by atoms with E-state index in [9.17, 15) is 9.59 Å². The van der Waals surface area contributed by atoms with Crippen LogP contribution < -0.4 is 4.90 Å². The Hall–Kier alpha value is -4.34. The average molecular weight is 559 g/mol. The van der Waals surface area contributed by atoms with Crippen molar-refractivity contribution in [1.82, 2.24) is 24.5 Å². The van der Waals surface area contributed by atoms with Gasteiger partial charge in [0.1, 0.15) is 17.3 Å². The zero-order valence-corrected chi connectivity index (χ0v) is 23.9. The Morgan fingerprint density at radius 1 is 1.10 bits per heavy atom. The topological polar surface area (TPSA) is 92.9 Å². The van der Waals surface area contributed by atoms with Crippen LogP contribution in [0.3, 0.4) is 0 Å². The van der Waals surface area contributed by atoms with E-state index in [1.807, 2.05) is 11.8 Å². The molecule has 1 fully saturated rings. The maximum absolute atomic E-state index is 15.5. The van der Waals surface area contributed by atoms with Gasteiger partial charge in [-0.3, -0.25) is 4.79 Å². The molecule has 0 saturated carbocycles. The molecule has 4 heterocycles. The number of carbonyl (C=O) groups excluding carboxylic acids is 2. The first-order chi connectivity index (χ1) is 19.8. The van der Waals surface area contributed by atoms with Gasteiger partial charge in [0.2, 0.25) is 0 Å². The molecule has 0 N–H and O–H groups in total. The molecule has 1 aromatic carbocycles. The second-order valence-corrected chi connectivity index (χ2v) is 10.3. The Kier molecular flexibility index (Phi) is 8.28. The largest absolute Gasteiger partial charge is 0.462 e. The van der Waals surface area contributed by atoms with E-state index < -0.39 is 11.8 Å². The number of rotatable bonds is 7. The molecule has 0 spiro atoms. The fourth-order valence-corrected chi connectivity index (χ4v) is 5.23. The van der Waals surface area contributed by atoms with Gasteiger partial charge in [0, 0.05) is 48.8 Å². The summed E-state index contributed by atoms with van der Waals surface area (Å²) in [6, 6.07) is 11.9. The van der Waals surface area contributed by atoms with E-state index in [0.717, 1.165) is 37.9 Å². The van der Waals surface area contributed by atoms with Crippen LogP contribution in [-0.2, 0) is 11.2 Å². The molecule has 5 rings (SSSR count). The minimum Gasteiger partial charge on any atom is -0.462 e. The summed E-state index contributed by atoms with van der Waals surface area (Å²) in [5, 5.41) is 4.65. The second kappa shape index (κ2) is 12.0. The molecule has 1 aliphatic heterocycles. The molecule has 1 amide bonds. The maximum atomic E-state index is 15.5. The van der Waals surface area contributed by atoms with Crippen molar-refractivity contribution in [1.29, 1.82) is 0 Å². The normalized spacial score (nSPS) is 15.5. The Balaban J connectivity index is 1.41. The van der Waals surface area contributed by atoms with Crippen molar-refractivity contribution >= 4 is 29.0 Å². The molecule has 1 atom stereocenters. The Morgan fingerprint density at radius 2 is 1.93 bits per heavy atom. The molecular formula is C31H35FN6O3. The number of nitrogens with zero attached hydrogens (tertiary/aromatic N) is 6. The van der Waals surface area contributed by atoms with Crippen LogP contribution >= 0.6 is 0 Å². The summed E-state index contributed by atoms with van der Waals surface area (Å²) in [5.41, 5.74) is 3.44. The predicted octanol–water partition coefficient (Wildman–Crippen LogP) is 5.84. The third-order valence-corrected chi connectivity index (χ3v) is 7.61. The summed E-state index contributed by atoms with van der Waals surface area (Å²) in [4.78, 5) is 38.0. The fourth-order valence-electron chi connectivity index (χ4n) is 5.23. The number of carbonyl (C=O) groups is 2. The standard InChI is InChI=1S/C31H35FN6O3/c1-5-22-17-27(30(39)37-15-9-7-8-10-20(37)3)34-29-18-26(35-38(22)29)24-13-12-23(16-25(24)32)36(4)28-14-11-21(19-33-28)31(40)41-6-2/h11-14,16-20H,5-10,15H2,1-4H3/t20-/m1/s1. The summed E-state index contributed by atoms with van der Waals surface area (Å²) in [5.74, 6) is -0.410. The first-order valence-corrected chi connectivity index (χ1v) is 14.2. The first-order valence-electron chi connectivity index (χ1n) is 14.2. The SMILES string of the molecule is CCOC(=O)c1ccc(N(C)c2ccc(-c3cc4nc(C(=O)N5CCCCC[C@H]5C)cc(CC)n4n3)c(F)c2)nc1. The van der Waals surface area contributed by atoms with Gasteiger partial charge in [-0.15, -0.1) is 0 Å². The summed E-state index contributed by atoms with van der Waals surface area (Å²) < 4.78 is 22.2. The predicted molar refractivity (Wildman–Crippen MR) is 155 cm³/mol. The van der Waals surface area contributed by atoms with Crippen LogP contribution in [0.25, 0.3) is 16.9 Å². The van der Waals surface area contributed by atoms with Crippen molar-refractivity contribution in [3.8, 4) is 11.3 Å². The van der Waals surface area contributed by atoms with Gasteiger partial charge in [-0.2, -0.15) is 5.10 Å². The number of pyridine rings is 1. The number of hydrogen-bond acceptors (Lipinski definition) is 7. The number of aryl methyl sites for hydroxylation is 1. The van der Waals surface area contributed by atoms with Crippen LogP contribution in [0, 0.1) is 5.82 Å². The van der Waals surface area contributed by atoms with Crippen molar-refractivity contribution in [2.45, 2.75) is 58.9 Å². The number of halogens is 1. The molecule has 0 unspecified atom stereocenters. The van der Waals surface area contributed by atoms with Gasteiger partial charge in [-0.1, -0.05) is 19.8 Å². The minimum atomic E-state index is -0.450. The molecule has 4 aromatic rings. The summed E-state index contributed by atoms with van der Waals surface area (Å²) in [7, 11) is 1.77. The number of benzene rings is 1. The number of aromatic nitrogens is 4. The van der Waals surface area contributed by atoms with E-state index in [1.165, 1.54) is 12.3 Å². The highest BCUT2D eigenvalue weighted by Gasteiger charge is 2.25. The monoisotopic (exact) mass is 558 g/mol. The van der Waals surface area contributed by atoms with Crippen molar-refractivity contribution in [3.63, 3.8) is 0 Å². The maximum Gasteiger partial charge on any atom is 0.339 e. The number of anilines is 2. The quantitative estimate of drug-likeness (QED) is 0.263. The molecule has 0 bridgehead atoms. The summed E-state index contributed by atoms with van der Waals surface area (Å²) in [6.07, 6.45) is 6.33. The lowest BCUT2D eigenvalue weighted by Gasteiger charge is -2.27. The summed E-state index contributed by atoms with van der Waals surface area (Å²) >= 11 is 0. The third-order valence-electron chi connectivity index (χ3n) is 7.61. The lowest BCUT2D eigenvalue weighted by atomic mass is 10.1. The lowest BCUT2D eigenvalue weighted by Crippen LogP contribution is -2.38. The highest BCUT2D eigenvalue weighted by atomic mass is 19.1. The number of amides is 1. The molecule has 1 aliphatic rings. The van der Waals surface area contributed by atoms with E-state index in [0.29, 0.717) is 46.1 Å². The van der Waals surface area contributed by atoms with Crippen LogP contribution in [0.1, 0.15) is 73.0 Å². The van der Waals surface area contributed by atoms with Gasteiger partial charge in [-0.05, 0) is 69.5 Å². The first kappa shape index (κ1) is 28.2. The van der Waals surface area contributed by atoms with Crippen molar-refractivity contribution in [3.05, 3.63) is 71.4 Å². The summed E-state index contributed by atoms with van der Waals surface area (Å²) in [6.45, 7) is 6.85. The molecule has 3 aromatic heterocycles. The fraction of sp³-hybridized carbons (Fsp3) is 0.387. The Labute approximate surface area is 239 Å². The Morgan fingerprint density at radius 3 is 2.63 bits per heavy atom. The smallest absolute Gasteiger partial charge is 0.339 e. The van der Waals surface area contributed by atoms with Gasteiger partial charge in [0.15, 0.2) is 5.65 Å². The molecule has 41 heavy (non-hydrogen) atoms. The van der Waals surface area contributed by atoms with Gasteiger partial charge >= 0.3 is 5.97 Å². The van der Waals surface area contributed by atoms with Gasteiger partial charge in [0.05, 0.1) is 17.9 Å². The zero-order valence-electron chi connectivity index (χ0n) is 23.9. The van der Waals surface area contributed by atoms with E-state index in [4.69, 9.17) is 4.74 Å². The van der Waals surface area contributed by atoms with Crippen molar-refractivity contribution in [2.24, 2.45) is 0 Å². The molecule has 0 aliphatic carbocycles. The number of fused-ring (bicyclic) bond motifs is 1. The number of ether oxygens (including phenoxy) is 1. The molecule has 10 heteroatoms. The number of esters is 1. The molecule has 0 radical (unpaired) electrons. The van der Waals surface area contributed by atoms with Gasteiger partial charge in [-0.25, -0.2) is 23.7 Å². The van der Waals surface area contributed by atoms with Crippen molar-refractivity contribution in [2.75, 3.05) is 25.1 Å². The van der Waals surface area contributed by atoms with Crippen molar-refractivity contribution < 1.29 is 18.7 Å². The van der Waals surface area contributed by atoms with Crippen LogP contribution in [0.15, 0.2) is 48.7 Å². The third kappa shape index (κ3) is 5.77. The van der Waals surface area contributed by atoms with E-state index in [2.05, 4.69) is 22.0 Å². The van der Waals surface area contributed by atoms with Crippen LogP contribution in [-0.4, -0.2) is 62.6 Å². The highest BCUT2D eigenvalue weighted by Crippen LogP contribution is 2.30. The van der Waals surface area contributed by atoms with E-state index in [-0.39, 0.29) is 18.6 Å². The zero-order chi connectivity index (χ0) is 29.1. The minimum absolute atomic E-state index is 0.0678. The van der Waals surface area contributed by atoms with Crippen LogP contribution in [0.2, 0.25) is 0 Å². The van der Waals surface area contributed by atoms with Gasteiger partial charge < -0.3 is 14.5 Å². The lowest BCUT2D eigenvalue weighted by molar-refractivity contribution is 0.0525. The van der Waals surface area contributed by atoms with Crippen LogP contribution in [0.4, 0.5) is 15.9 Å². The molecular weight excluding hydrogens is 523 g/mol. The van der Waals surface area contributed by atoms with Gasteiger partial charge in [0.25, 0.3) is 5.91 Å². The second-order valence-electron chi connectivity index (χ2n) is 10.3. The molecule has 1 saturated heterocycles. The molecule has 214 valence electrons. The number of hydrogen-bond donors (Lipinski definition) is 0.